The van der Waals surface area contributed by atoms with Crippen LogP contribution in [0.4, 0.5) is 0 Å². The molecule has 0 aromatic carbocycles. The van der Waals surface area contributed by atoms with E-state index in [9.17, 15) is 18.9 Å². The second-order valence-electron chi connectivity index (χ2n) is 12.3. The molecule has 7 heteroatoms. The van der Waals surface area contributed by atoms with Gasteiger partial charge in [-0.1, -0.05) is 117 Å². The van der Waals surface area contributed by atoms with Crippen molar-refractivity contribution in [2.24, 2.45) is 16.2 Å². The summed E-state index contributed by atoms with van der Waals surface area (Å²) in [4.78, 5) is 22.7. The van der Waals surface area contributed by atoms with Crippen molar-refractivity contribution >= 4 is 28.6 Å². The lowest BCUT2D eigenvalue weighted by atomic mass is 9.77. The third-order valence-corrected chi connectivity index (χ3v) is 10.3. The summed E-state index contributed by atoms with van der Waals surface area (Å²) in [5.74, 6) is -1.27. The highest BCUT2D eigenvalue weighted by Gasteiger charge is 2.41. The molecule has 0 radical (unpaired) electrons. The minimum Gasteiger partial charge on any atom is -0.481 e. The number of carbonyl (C=O) groups is 2. The van der Waals surface area contributed by atoms with Crippen molar-refractivity contribution in [2.45, 2.75) is 174 Å². The van der Waals surface area contributed by atoms with Gasteiger partial charge in [0.2, 0.25) is 0 Å². The van der Waals surface area contributed by atoms with Gasteiger partial charge in [0, 0.05) is 18.8 Å². The maximum atomic E-state index is 14.1. The van der Waals surface area contributed by atoms with E-state index in [0.29, 0.717) is 12.8 Å². The first-order chi connectivity index (χ1) is 19.7. The number of carboxylic acids is 2. The van der Waals surface area contributed by atoms with Crippen LogP contribution in [-0.2, 0) is 20.6 Å². The molecule has 0 fully saturated rings. The van der Waals surface area contributed by atoms with Crippen LogP contribution < -0.4 is 0 Å². The number of aliphatic carboxylic acids is 2. The van der Waals surface area contributed by atoms with Crippen LogP contribution in [-0.4, -0.2) is 36.8 Å². The van der Waals surface area contributed by atoms with E-state index in [-0.39, 0.29) is 24.7 Å². The summed E-state index contributed by atoms with van der Waals surface area (Å²) in [6.45, 7) is 8.79. The summed E-state index contributed by atoms with van der Waals surface area (Å²) in [5.41, 5.74) is 2.17. The van der Waals surface area contributed by atoms with Gasteiger partial charge in [0.1, 0.15) is 11.0 Å². The van der Waals surface area contributed by atoms with Gasteiger partial charge in [0.05, 0.1) is 10.5 Å². The number of rotatable bonds is 26. The maximum absolute atomic E-state index is 14.1. The Hall–Kier alpha value is -1.50. The average molecular weight is 596 g/mol. The van der Waals surface area contributed by atoms with E-state index in [0.717, 1.165) is 95.6 Å². The molecule has 1 heterocycles. The highest BCUT2D eigenvalue weighted by atomic mass is 32.2. The minimum absolute atomic E-state index is 0.0406. The van der Waals surface area contributed by atoms with E-state index in [1.165, 1.54) is 31.3 Å². The van der Waals surface area contributed by atoms with Gasteiger partial charge in [-0.15, -0.1) is 0 Å². The lowest BCUT2D eigenvalue weighted by Gasteiger charge is -2.37. The van der Waals surface area contributed by atoms with Gasteiger partial charge in [-0.3, -0.25) is 9.59 Å². The molecule has 1 aliphatic rings. The first kappa shape index (κ1) is 37.5. The first-order valence-corrected chi connectivity index (χ1v) is 18.0. The fourth-order valence-corrected chi connectivity index (χ4v) is 7.61. The zero-order chi connectivity index (χ0) is 30.5. The Kier molecular flexibility index (Phi) is 20.2. The Morgan fingerprint density at radius 2 is 1.20 bits per heavy atom. The fraction of sp³-hybridized carbons (Fsp3) is 0.853. The maximum Gasteiger partial charge on any atom is 0.303 e. The van der Waals surface area contributed by atoms with E-state index in [1.54, 1.807) is 0 Å². The lowest BCUT2D eigenvalue weighted by molar-refractivity contribution is -0.138. The summed E-state index contributed by atoms with van der Waals surface area (Å²) in [7, 11) is -1.34. The van der Waals surface area contributed by atoms with Gasteiger partial charge < -0.3 is 10.2 Å². The molecule has 1 rings (SSSR count). The Morgan fingerprint density at radius 3 is 1.76 bits per heavy atom. The Labute approximate surface area is 253 Å². The number of unbranched alkanes of at least 4 members (excludes halogenated alkanes) is 9. The van der Waals surface area contributed by atoms with E-state index in [4.69, 9.17) is 9.50 Å². The Morgan fingerprint density at radius 1 is 0.683 bits per heavy atom. The van der Waals surface area contributed by atoms with Crippen molar-refractivity contribution in [3.63, 3.8) is 0 Å². The largest absolute Gasteiger partial charge is 0.481 e. The summed E-state index contributed by atoms with van der Waals surface area (Å²) in [6, 6.07) is 0. The molecule has 238 valence electrons. The van der Waals surface area contributed by atoms with Crippen molar-refractivity contribution < 1.29 is 24.0 Å². The second-order valence-corrected chi connectivity index (χ2v) is 13.8. The highest BCUT2D eigenvalue weighted by molar-refractivity contribution is 7.85. The summed E-state index contributed by atoms with van der Waals surface area (Å²) in [5, 5.41) is 18.7. The van der Waals surface area contributed by atoms with Crippen LogP contribution in [0.5, 0.6) is 0 Å². The third-order valence-electron chi connectivity index (χ3n) is 8.69. The molecule has 2 N–H and O–H groups in total. The summed E-state index contributed by atoms with van der Waals surface area (Å²) < 4.78 is 18.7. The summed E-state index contributed by atoms with van der Waals surface area (Å²) in [6.07, 6.45) is 22.3. The number of carboxylic acid groups (broad SMARTS) is 2. The van der Waals surface area contributed by atoms with Gasteiger partial charge in [-0.05, 0) is 56.4 Å². The Bertz CT molecular complexity index is 829. The van der Waals surface area contributed by atoms with Crippen LogP contribution in [0.3, 0.4) is 0 Å². The highest BCUT2D eigenvalue weighted by Crippen LogP contribution is 2.41. The molecule has 3 atom stereocenters. The zero-order valence-corrected chi connectivity index (χ0v) is 27.6. The van der Waals surface area contributed by atoms with E-state index >= 15 is 0 Å². The van der Waals surface area contributed by atoms with Crippen LogP contribution in [0.25, 0.3) is 0 Å². The molecule has 0 aromatic heterocycles. The van der Waals surface area contributed by atoms with E-state index in [2.05, 4.69) is 33.8 Å². The zero-order valence-electron chi connectivity index (χ0n) is 26.8. The van der Waals surface area contributed by atoms with Crippen molar-refractivity contribution in [3.8, 4) is 0 Å². The third kappa shape index (κ3) is 14.5. The van der Waals surface area contributed by atoms with E-state index in [1.807, 2.05) is 0 Å². The number of hydrogen-bond donors (Lipinski definition) is 2. The van der Waals surface area contributed by atoms with Crippen molar-refractivity contribution in [2.75, 3.05) is 0 Å². The molecule has 0 aromatic rings. The van der Waals surface area contributed by atoms with Gasteiger partial charge in [-0.25, -0.2) is 4.21 Å². The molecule has 0 saturated heterocycles. The van der Waals surface area contributed by atoms with Gasteiger partial charge in [0.15, 0.2) is 0 Å². The predicted molar refractivity (Wildman–Crippen MR) is 173 cm³/mol. The van der Waals surface area contributed by atoms with Crippen molar-refractivity contribution in [1.29, 1.82) is 0 Å². The molecule has 3 unspecified atom stereocenters. The molecule has 0 bridgehead atoms. The van der Waals surface area contributed by atoms with Gasteiger partial charge in [0.25, 0.3) is 0 Å². The molecular weight excluding hydrogens is 534 g/mol. The molecule has 1 aliphatic heterocycles. The quantitative estimate of drug-likeness (QED) is 0.0968. The van der Waals surface area contributed by atoms with Gasteiger partial charge >= 0.3 is 11.9 Å². The molecule has 41 heavy (non-hydrogen) atoms. The van der Waals surface area contributed by atoms with Crippen LogP contribution >= 0.6 is 0 Å². The lowest BCUT2D eigenvalue weighted by Crippen LogP contribution is -2.39. The normalized spacial score (nSPS) is 18.0. The van der Waals surface area contributed by atoms with Crippen LogP contribution in [0.15, 0.2) is 16.0 Å². The smallest absolute Gasteiger partial charge is 0.303 e. The van der Waals surface area contributed by atoms with Gasteiger partial charge in [-0.2, -0.15) is 4.40 Å². The van der Waals surface area contributed by atoms with Crippen LogP contribution in [0.1, 0.15) is 169 Å². The standard InChI is InChI=1S/C34H61NO5S/c1-5-9-13-14-16-21-29(19-10-6-2)33-30(27-34(25-11-7-3,26-12-8-4)41(40)35-33)28(23-24-32(38)39)20-17-15-18-22-31(36)37/h27-29H,5-26H2,1-4H3,(H,36,37)(H,38,39). The SMILES string of the molecule is CCCCCCCC(CCCC)C1=NS(=O)C(CCCC)(CCCC)C=C1C(CCCCCC(=O)O)CCC(=O)O. The monoisotopic (exact) mass is 595 g/mol. The molecule has 0 spiro atoms. The summed E-state index contributed by atoms with van der Waals surface area (Å²) >= 11 is 0. The number of allylic oxidation sites excluding steroid dienone is 1. The second kappa shape index (κ2) is 22.1. The predicted octanol–water partition coefficient (Wildman–Crippen LogP) is 9.83. The fourth-order valence-electron chi connectivity index (χ4n) is 6.13. The molecule has 0 saturated carbocycles. The van der Waals surface area contributed by atoms with Crippen LogP contribution in [0.2, 0.25) is 0 Å². The molecule has 6 nitrogen and oxygen atoms in total. The molecule has 0 amide bonds. The van der Waals surface area contributed by atoms with Crippen LogP contribution in [0, 0.1) is 11.8 Å². The topological polar surface area (TPSA) is 104 Å². The van der Waals surface area contributed by atoms with Crippen molar-refractivity contribution in [1.82, 2.24) is 0 Å². The number of nitrogens with zero attached hydrogens (tertiary/aromatic N) is 1. The molecular formula is C34H61NO5S. The molecule has 0 aliphatic carbocycles. The average Bonchev–Trinajstić information content (AvgIpc) is 2.94. The van der Waals surface area contributed by atoms with E-state index < -0.39 is 27.7 Å². The van der Waals surface area contributed by atoms with Crippen molar-refractivity contribution in [3.05, 3.63) is 11.6 Å². The minimum atomic E-state index is -1.34. The Balaban J connectivity index is 3.49. The number of hydrogen-bond acceptors (Lipinski definition) is 3. The first-order valence-electron chi connectivity index (χ1n) is 16.9.